The number of hydrogen-bond acceptors (Lipinski definition) is 2. The second kappa shape index (κ2) is 7.00. The van der Waals surface area contributed by atoms with Crippen LogP contribution in [-0.4, -0.2) is 18.0 Å². The Hall–Kier alpha value is -0.570. The third kappa shape index (κ3) is 4.66. The Bertz CT molecular complexity index is 242. The molecular formula is C14H28N2O. The summed E-state index contributed by atoms with van der Waals surface area (Å²) in [6.07, 6.45) is 6.39. The van der Waals surface area contributed by atoms with Gasteiger partial charge >= 0.3 is 0 Å². The Morgan fingerprint density at radius 2 is 2.18 bits per heavy atom. The van der Waals surface area contributed by atoms with E-state index in [1.54, 1.807) is 0 Å². The molecule has 0 aromatic carbocycles. The quantitative estimate of drug-likeness (QED) is 0.775. The van der Waals surface area contributed by atoms with Crippen LogP contribution in [0.25, 0.3) is 0 Å². The van der Waals surface area contributed by atoms with Gasteiger partial charge in [-0.1, -0.05) is 26.7 Å². The van der Waals surface area contributed by atoms with Crippen LogP contribution in [-0.2, 0) is 4.79 Å². The number of carbonyl (C=O) groups is 1. The highest BCUT2D eigenvalue weighted by atomic mass is 16.1. The van der Waals surface area contributed by atoms with Crippen LogP contribution in [0.5, 0.6) is 0 Å². The van der Waals surface area contributed by atoms with Gasteiger partial charge in [-0.2, -0.15) is 0 Å². The van der Waals surface area contributed by atoms with Gasteiger partial charge in [0.05, 0.1) is 0 Å². The molecule has 1 aliphatic rings. The summed E-state index contributed by atoms with van der Waals surface area (Å²) in [5.74, 6) is 0.851. The zero-order chi connectivity index (χ0) is 12.8. The van der Waals surface area contributed by atoms with Crippen molar-refractivity contribution >= 4 is 5.91 Å². The fourth-order valence-electron chi connectivity index (χ4n) is 2.76. The molecule has 1 aliphatic carbocycles. The first-order valence-corrected chi connectivity index (χ1v) is 7.10. The number of unbranched alkanes of at least 4 members (excludes halogenated alkanes) is 1. The Morgan fingerprint density at radius 1 is 1.47 bits per heavy atom. The summed E-state index contributed by atoms with van der Waals surface area (Å²) in [6, 6.07) is 0.608. The molecule has 1 rings (SSSR count). The van der Waals surface area contributed by atoms with E-state index in [2.05, 4.69) is 26.1 Å². The molecule has 1 saturated carbocycles. The van der Waals surface area contributed by atoms with Crippen LogP contribution in [0.1, 0.15) is 59.3 Å². The molecule has 3 nitrogen and oxygen atoms in total. The SMILES string of the molecule is CCCCC(C)NC(=O)C1CCC(N)CC1C. The summed E-state index contributed by atoms with van der Waals surface area (Å²) in [5.41, 5.74) is 5.92. The highest BCUT2D eigenvalue weighted by molar-refractivity contribution is 5.79. The molecule has 0 radical (unpaired) electrons. The van der Waals surface area contributed by atoms with E-state index in [1.165, 1.54) is 12.8 Å². The van der Waals surface area contributed by atoms with E-state index in [9.17, 15) is 4.79 Å². The minimum atomic E-state index is 0.180. The van der Waals surface area contributed by atoms with Crippen molar-refractivity contribution in [3.8, 4) is 0 Å². The summed E-state index contributed by atoms with van der Waals surface area (Å²) >= 11 is 0. The maximum Gasteiger partial charge on any atom is 0.223 e. The minimum absolute atomic E-state index is 0.180. The van der Waals surface area contributed by atoms with Gasteiger partial charge < -0.3 is 11.1 Å². The number of amides is 1. The van der Waals surface area contributed by atoms with Crippen molar-refractivity contribution in [3.63, 3.8) is 0 Å². The second-order valence-corrected chi connectivity index (χ2v) is 5.71. The lowest BCUT2D eigenvalue weighted by Crippen LogP contribution is -2.43. The van der Waals surface area contributed by atoms with E-state index < -0.39 is 0 Å². The van der Waals surface area contributed by atoms with Crippen LogP contribution < -0.4 is 11.1 Å². The van der Waals surface area contributed by atoms with Crippen molar-refractivity contribution in [1.82, 2.24) is 5.32 Å². The average molecular weight is 240 g/mol. The molecule has 4 unspecified atom stereocenters. The molecule has 0 aromatic rings. The van der Waals surface area contributed by atoms with Gasteiger partial charge in [-0.05, 0) is 38.5 Å². The van der Waals surface area contributed by atoms with E-state index in [1.807, 2.05) is 0 Å². The average Bonchev–Trinajstić information content (AvgIpc) is 2.26. The summed E-state index contributed by atoms with van der Waals surface area (Å²) in [5, 5.41) is 3.15. The summed E-state index contributed by atoms with van der Waals surface area (Å²) in [7, 11) is 0. The van der Waals surface area contributed by atoms with Gasteiger partial charge in [-0.15, -0.1) is 0 Å². The number of hydrogen-bond donors (Lipinski definition) is 2. The summed E-state index contributed by atoms with van der Waals surface area (Å²) in [4.78, 5) is 12.1. The highest BCUT2D eigenvalue weighted by Gasteiger charge is 2.31. The first kappa shape index (κ1) is 14.5. The first-order valence-electron chi connectivity index (χ1n) is 7.10. The lowest BCUT2D eigenvalue weighted by molar-refractivity contribution is -0.128. The Balaban J connectivity index is 2.36. The van der Waals surface area contributed by atoms with E-state index >= 15 is 0 Å². The van der Waals surface area contributed by atoms with Crippen molar-refractivity contribution in [2.24, 2.45) is 17.6 Å². The van der Waals surface area contributed by atoms with Crippen molar-refractivity contribution in [3.05, 3.63) is 0 Å². The van der Waals surface area contributed by atoms with E-state index in [-0.39, 0.29) is 11.8 Å². The molecule has 3 heteroatoms. The van der Waals surface area contributed by atoms with Crippen molar-refractivity contribution in [2.75, 3.05) is 0 Å². The number of nitrogens with two attached hydrogens (primary N) is 1. The van der Waals surface area contributed by atoms with Gasteiger partial charge in [0, 0.05) is 18.0 Å². The molecule has 0 spiro atoms. The molecule has 0 saturated heterocycles. The molecule has 4 atom stereocenters. The predicted octanol–water partition coefficient (Wildman–Crippen LogP) is 2.44. The predicted molar refractivity (Wildman–Crippen MR) is 71.6 cm³/mol. The Morgan fingerprint density at radius 3 is 2.76 bits per heavy atom. The lowest BCUT2D eigenvalue weighted by Gasteiger charge is -2.32. The smallest absolute Gasteiger partial charge is 0.223 e. The topological polar surface area (TPSA) is 55.1 Å². The molecule has 100 valence electrons. The zero-order valence-corrected chi connectivity index (χ0v) is 11.5. The molecule has 0 heterocycles. The fourth-order valence-corrected chi connectivity index (χ4v) is 2.76. The van der Waals surface area contributed by atoms with Gasteiger partial charge in [0.2, 0.25) is 5.91 Å². The number of carbonyl (C=O) groups excluding carboxylic acids is 1. The van der Waals surface area contributed by atoms with E-state index in [0.29, 0.717) is 18.0 Å². The molecule has 0 aliphatic heterocycles. The van der Waals surface area contributed by atoms with Gasteiger partial charge in [0.15, 0.2) is 0 Å². The van der Waals surface area contributed by atoms with Crippen molar-refractivity contribution < 1.29 is 4.79 Å². The van der Waals surface area contributed by atoms with Crippen molar-refractivity contribution in [1.29, 1.82) is 0 Å². The van der Waals surface area contributed by atoms with Gasteiger partial charge in [-0.3, -0.25) is 4.79 Å². The van der Waals surface area contributed by atoms with E-state index in [0.717, 1.165) is 25.7 Å². The van der Waals surface area contributed by atoms with Crippen LogP contribution in [0.2, 0.25) is 0 Å². The minimum Gasteiger partial charge on any atom is -0.353 e. The largest absolute Gasteiger partial charge is 0.353 e. The fraction of sp³-hybridized carbons (Fsp3) is 0.929. The first-order chi connectivity index (χ1) is 8.04. The molecule has 1 amide bonds. The van der Waals surface area contributed by atoms with Gasteiger partial charge in [-0.25, -0.2) is 0 Å². The molecule has 0 bridgehead atoms. The van der Waals surface area contributed by atoms with Crippen LogP contribution in [0.15, 0.2) is 0 Å². The standard InChI is InChI=1S/C14H28N2O/c1-4-5-6-11(3)16-14(17)13-8-7-12(15)9-10(13)2/h10-13H,4-9,15H2,1-3H3,(H,16,17). The second-order valence-electron chi connectivity index (χ2n) is 5.71. The lowest BCUT2D eigenvalue weighted by atomic mass is 9.77. The number of nitrogens with one attached hydrogen (secondary N) is 1. The van der Waals surface area contributed by atoms with E-state index in [4.69, 9.17) is 5.73 Å². The number of rotatable bonds is 5. The van der Waals surface area contributed by atoms with Gasteiger partial charge in [0.1, 0.15) is 0 Å². The molecule has 1 fully saturated rings. The summed E-state index contributed by atoms with van der Waals surface area (Å²) < 4.78 is 0. The Kier molecular flexibility index (Phi) is 5.96. The zero-order valence-electron chi connectivity index (χ0n) is 11.5. The summed E-state index contributed by atoms with van der Waals surface area (Å²) in [6.45, 7) is 6.44. The molecule has 17 heavy (non-hydrogen) atoms. The van der Waals surface area contributed by atoms with Crippen LogP contribution >= 0.6 is 0 Å². The maximum atomic E-state index is 12.1. The monoisotopic (exact) mass is 240 g/mol. The highest BCUT2D eigenvalue weighted by Crippen LogP contribution is 2.29. The van der Waals surface area contributed by atoms with Crippen molar-refractivity contribution in [2.45, 2.75) is 71.4 Å². The molecule has 3 N–H and O–H groups in total. The molecule has 0 aromatic heterocycles. The Labute approximate surface area is 106 Å². The van der Waals surface area contributed by atoms with Crippen LogP contribution in [0.4, 0.5) is 0 Å². The van der Waals surface area contributed by atoms with Crippen LogP contribution in [0, 0.1) is 11.8 Å². The molecular weight excluding hydrogens is 212 g/mol. The third-order valence-corrected chi connectivity index (χ3v) is 3.93. The third-order valence-electron chi connectivity index (χ3n) is 3.93. The van der Waals surface area contributed by atoms with Crippen LogP contribution in [0.3, 0.4) is 0 Å². The normalized spacial score (nSPS) is 30.9. The van der Waals surface area contributed by atoms with Gasteiger partial charge in [0.25, 0.3) is 0 Å². The maximum absolute atomic E-state index is 12.1.